The molecule has 0 bridgehead atoms. The van der Waals surface area contributed by atoms with Crippen LogP contribution in [0.5, 0.6) is 0 Å². The molecule has 2 nitrogen and oxygen atoms in total. The fourth-order valence-electron chi connectivity index (χ4n) is 1.05. The average Bonchev–Trinajstić information content (AvgIpc) is 2.30. The summed E-state index contributed by atoms with van der Waals surface area (Å²) < 4.78 is 10.7. The number of hydrogen-bond donors (Lipinski definition) is 0. The summed E-state index contributed by atoms with van der Waals surface area (Å²) in [4.78, 5) is 0. The van der Waals surface area contributed by atoms with Crippen LogP contribution in [0.2, 0.25) is 18.1 Å². The number of ether oxygens (including phenoxy) is 2. The van der Waals surface area contributed by atoms with E-state index in [1.54, 1.807) is 0 Å². The van der Waals surface area contributed by atoms with Gasteiger partial charge in [-0.1, -0.05) is 33.9 Å². The summed E-state index contributed by atoms with van der Waals surface area (Å²) in [5, 5.41) is 0.325. The summed E-state index contributed by atoms with van der Waals surface area (Å²) in [5.41, 5.74) is 3.47. The lowest BCUT2D eigenvalue weighted by Gasteiger charge is -2.31. The first-order valence-corrected chi connectivity index (χ1v) is 9.90. The van der Waals surface area contributed by atoms with E-state index in [1.807, 2.05) is 0 Å². The van der Waals surface area contributed by atoms with Crippen molar-refractivity contribution >= 4 is 8.07 Å². The summed E-state index contributed by atoms with van der Waals surface area (Å²) in [5.74, 6) is 5.80. The third-order valence-corrected chi connectivity index (χ3v) is 7.96. The molecule has 19 heavy (non-hydrogen) atoms. The molecular formula is C16H28O2Si. The molecule has 0 unspecified atom stereocenters. The third-order valence-electron chi connectivity index (χ3n) is 3.41. The van der Waals surface area contributed by atoms with Crippen LogP contribution in [0.25, 0.3) is 0 Å². The minimum Gasteiger partial charge on any atom is -0.378 e. The predicted octanol–water partition coefficient (Wildman–Crippen LogP) is 3.48. The fourth-order valence-corrected chi connectivity index (χ4v) is 1.99. The Bertz CT molecular complexity index is 336. The van der Waals surface area contributed by atoms with Crippen molar-refractivity contribution in [1.29, 1.82) is 0 Å². The highest BCUT2D eigenvalue weighted by Gasteiger charge is 2.33. The molecule has 0 rings (SSSR count). The second-order valence-corrected chi connectivity index (χ2v) is 11.1. The minimum absolute atomic E-state index is 0.325. The summed E-state index contributed by atoms with van der Waals surface area (Å²) in [7, 11) is -1.46. The van der Waals surface area contributed by atoms with Crippen molar-refractivity contribution in [2.24, 2.45) is 0 Å². The van der Waals surface area contributed by atoms with E-state index in [4.69, 9.17) is 15.9 Å². The number of terminal acetylenes is 1. The van der Waals surface area contributed by atoms with Crippen molar-refractivity contribution in [1.82, 2.24) is 0 Å². The number of hydrogen-bond acceptors (Lipinski definition) is 2. The van der Waals surface area contributed by atoms with Crippen molar-refractivity contribution in [2.75, 3.05) is 26.4 Å². The van der Waals surface area contributed by atoms with Gasteiger partial charge in [0.05, 0.1) is 26.4 Å². The molecule has 0 aromatic carbocycles. The Labute approximate surface area is 120 Å². The lowest BCUT2D eigenvalue weighted by molar-refractivity contribution is 0.0522. The zero-order valence-electron chi connectivity index (χ0n) is 13.1. The Morgan fingerprint density at radius 2 is 1.47 bits per heavy atom. The van der Waals surface area contributed by atoms with E-state index < -0.39 is 8.07 Å². The Kier molecular flexibility index (Phi) is 8.85. The molecule has 0 aliphatic rings. The van der Waals surface area contributed by atoms with Gasteiger partial charge in [-0.2, -0.15) is 0 Å². The van der Waals surface area contributed by atoms with E-state index in [9.17, 15) is 0 Å². The maximum Gasteiger partial charge on any atom is 0.137 e. The molecule has 0 saturated carbocycles. The van der Waals surface area contributed by atoms with Crippen LogP contribution in [0.4, 0.5) is 0 Å². The van der Waals surface area contributed by atoms with Gasteiger partial charge in [0.1, 0.15) is 8.07 Å². The molecule has 0 aliphatic heterocycles. The van der Waals surface area contributed by atoms with Crippen molar-refractivity contribution in [2.45, 2.75) is 51.7 Å². The maximum absolute atomic E-state index is 5.45. The van der Waals surface area contributed by atoms with Crippen molar-refractivity contribution in [3.05, 3.63) is 0 Å². The molecule has 0 aromatic heterocycles. The highest BCUT2D eigenvalue weighted by atomic mass is 28.3. The molecule has 0 atom stereocenters. The SMILES string of the molecule is C#CCCOCCOCCC#C[Si](C)(C)C(C)(C)C. The normalized spacial score (nSPS) is 11.6. The lowest BCUT2D eigenvalue weighted by atomic mass is 10.2. The van der Waals surface area contributed by atoms with Crippen molar-refractivity contribution < 1.29 is 9.47 Å². The zero-order valence-corrected chi connectivity index (χ0v) is 14.1. The van der Waals surface area contributed by atoms with E-state index in [-0.39, 0.29) is 0 Å². The molecule has 0 fully saturated rings. The molecule has 0 N–H and O–H groups in total. The third kappa shape index (κ3) is 8.89. The maximum atomic E-state index is 5.45. The zero-order chi connectivity index (χ0) is 14.8. The van der Waals surface area contributed by atoms with E-state index in [1.165, 1.54) is 0 Å². The largest absolute Gasteiger partial charge is 0.378 e. The lowest BCUT2D eigenvalue weighted by Crippen LogP contribution is -2.35. The first kappa shape index (κ1) is 18.3. The highest BCUT2D eigenvalue weighted by Crippen LogP contribution is 2.35. The molecule has 108 valence electrons. The van der Waals surface area contributed by atoms with E-state index in [0.29, 0.717) is 37.9 Å². The van der Waals surface area contributed by atoms with Crippen LogP contribution in [0.1, 0.15) is 33.6 Å². The Morgan fingerprint density at radius 1 is 0.947 bits per heavy atom. The van der Waals surface area contributed by atoms with Crippen LogP contribution in [0.15, 0.2) is 0 Å². The van der Waals surface area contributed by atoms with Crippen LogP contribution >= 0.6 is 0 Å². The second kappa shape index (κ2) is 9.21. The van der Waals surface area contributed by atoms with Crippen LogP contribution < -0.4 is 0 Å². The molecule has 0 aliphatic carbocycles. The molecule has 0 radical (unpaired) electrons. The van der Waals surface area contributed by atoms with Gasteiger partial charge in [0.2, 0.25) is 0 Å². The summed E-state index contributed by atoms with van der Waals surface area (Å²) >= 11 is 0. The topological polar surface area (TPSA) is 18.5 Å². The van der Waals surface area contributed by atoms with Gasteiger partial charge in [-0.25, -0.2) is 0 Å². The average molecular weight is 280 g/mol. The van der Waals surface area contributed by atoms with Crippen LogP contribution in [0.3, 0.4) is 0 Å². The Hall–Kier alpha value is -0.743. The first-order valence-electron chi connectivity index (χ1n) is 6.90. The Balaban J connectivity index is 3.64. The van der Waals surface area contributed by atoms with E-state index in [2.05, 4.69) is 51.2 Å². The van der Waals surface area contributed by atoms with Gasteiger partial charge in [-0.3, -0.25) is 0 Å². The molecule has 0 heterocycles. The van der Waals surface area contributed by atoms with Gasteiger partial charge in [0.25, 0.3) is 0 Å². The van der Waals surface area contributed by atoms with Crippen LogP contribution in [-0.4, -0.2) is 34.5 Å². The van der Waals surface area contributed by atoms with Crippen LogP contribution in [-0.2, 0) is 9.47 Å². The molecule has 0 spiro atoms. The van der Waals surface area contributed by atoms with E-state index >= 15 is 0 Å². The summed E-state index contributed by atoms with van der Waals surface area (Å²) in [6.07, 6.45) is 6.58. The quantitative estimate of drug-likeness (QED) is 0.404. The van der Waals surface area contributed by atoms with Gasteiger partial charge >= 0.3 is 0 Å². The number of rotatable bonds is 7. The standard InChI is InChI=1S/C16H28O2Si/c1-7-8-11-17-13-14-18-12-9-10-15-19(5,6)16(2,3)4/h1H,8-9,11-14H2,2-6H3. The molecular weight excluding hydrogens is 252 g/mol. The molecule has 0 amide bonds. The van der Waals surface area contributed by atoms with Gasteiger partial charge in [-0.05, 0) is 5.04 Å². The van der Waals surface area contributed by atoms with Crippen molar-refractivity contribution in [3.8, 4) is 23.8 Å². The van der Waals surface area contributed by atoms with Gasteiger partial charge in [0.15, 0.2) is 0 Å². The molecule has 0 saturated heterocycles. The van der Waals surface area contributed by atoms with E-state index in [0.717, 1.165) is 6.42 Å². The monoisotopic (exact) mass is 280 g/mol. The first-order chi connectivity index (χ1) is 8.81. The highest BCUT2D eigenvalue weighted by molar-refractivity contribution is 6.87. The van der Waals surface area contributed by atoms with Crippen molar-refractivity contribution in [3.63, 3.8) is 0 Å². The van der Waals surface area contributed by atoms with Gasteiger partial charge in [0, 0.05) is 12.8 Å². The fraction of sp³-hybridized carbons (Fsp3) is 0.750. The summed E-state index contributed by atoms with van der Waals surface area (Å²) in [6.45, 7) is 14.0. The smallest absolute Gasteiger partial charge is 0.137 e. The van der Waals surface area contributed by atoms with Crippen LogP contribution in [0, 0.1) is 23.8 Å². The summed E-state index contributed by atoms with van der Waals surface area (Å²) in [6, 6.07) is 0. The molecule has 0 aromatic rings. The second-order valence-electron chi connectivity index (χ2n) is 6.11. The predicted molar refractivity (Wildman–Crippen MR) is 84.7 cm³/mol. The van der Waals surface area contributed by atoms with Gasteiger partial charge < -0.3 is 9.47 Å². The minimum atomic E-state index is -1.46. The Morgan fingerprint density at radius 3 is 1.95 bits per heavy atom. The van der Waals surface area contributed by atoms with Gasteiger partial charge in [-0.15, -0.1) is 23.8 Å². The molecule has 3 heteroatoms.